The first-order valence-corrected chi connectivity index (χ1v) is 3.84. The molecule has 0 aliphatic heterocycles. The van der Waals surface area contributed by atoms with Crippen LogP contribution >= 0.6 is 11.3 Å². The molecular formula is C7H7O2S. The predicted octanol–water partition coefficient (Wildman–Crippen LogP) is 1.72. The molecule has 1 rings (SSSR count). The van der Waals surface area contributed by atoms with Gasteiger partial charge in [-0.1, -0.05) is 0 Å². The summed E-state index contributed by atoms with van der Waals surface area (Å²) in [5.41, 5.74) is 0.590. The van der Waals surface area contributed by atoms with E-state index in [1.165, 1.54) is 11.3 Å². The summed E-state index contributed by atoms with van der Waals surface area (Å²) in [7, 11) is 0. The Morgan fingerprint density at radius 3 is 3.20 bits per heavy atom. The van der Waals surface area contributed by atoms with Crippen molar-refractivity contribution in [1.82, 2.24) is 0 Å². The molecule has 0 unspecified atom stereocenters. The van der Waals surface area contributed by atoms with Crippen LogP contribution in [0.25, 0.3) is 0 Å². The zero-order valence-electron chi connectivity index (χ0n) is 5.59. The first-order valence-electron chi connectivity index (χ1n) is 2.96. The molecule has 0 fully saturated rings. The lowest BCUT2D eigenvalue weighted by atomic mass is 10.3. The number of hydrogen-bond acceptors (Lipinski definition) is 3. The second-order valence-corrected chi connectivity index (χ2v) is 2.38. The Hall–Kier alpha value is -0.830. The first kappa shape index (κ1) is 7.28. The zero-order chi connectivity index (χ0) is 7.40. The Balaban J connectivity index is 2.59. The Morgan fingerprint density at radius 1 is 1.90 bits per heavy atom. The van der Waals surface area contributed by atoms with Crippen molar-refractivity contribution in [2.24, 2.45) is 0 Å². The third kappa shape index (κ3) is 1.57. The minimum absolute atomic E-state index is 0.264. The number of rotatable bonds is 2. The average Bonchev–Trinajstić information content (AvgIpc) is 2.38. The van der Waals surface area contributed by atoms with Crippen LogP contribution in [0.5, 0.6) is 0 Å². The Morgan fingerprint density at radius 2 is 2.70 bits per heavy atom. The van der Waals surface area contributed by atoms with Crippen LogP contribution in [0.2, 0.25) is 0 Å². The molecule has 3 heteroatoms. The van der Waals surface area contributed by atoms with E-state index in [9.17, 15) is 4.79 Å². The van der Waals surface area contributed by atoms with Gasteiger partial charge in [-0.15, -0.1) is 11.3 Å². The third-order valence-corrected chi connectivity index (χ3v) is 1.61. The van der Waals surface area contributed by atoms with E-state index in [2.05, 4.69) is 5.38 Å². The summed E-state index contributed by atoms with van der Waals surface area (Å²) in [6.07, 6.45) is 0. The molecule has 10 heavy (non-hydrogen) atoms. The monoisotopic (exact) mass is 155 g/mol. The molecule has 0 atom stereocenters. The fraction of sp³-hybridized carbons (Fsp3) is 0.286. The summed E-state index contributed by atoms with van der Waals surface area (Å²) in [6.45, 7) is 2.21. The highest BCUT2D eigenvalue weighted by atomic mass is 32.1. The summed E-state index contributed by atoms with van der Waals surface area (Å²) in [5, 5.41) is 4.53. The van der Waals surface area contributed by atoms with Crippen LogP contribution in [0.3, 0.4) is 0 Å². The molecule has 0 saturated heterocycles. The van der Waals surface area contributed by atoms with E-state index >= 15 is 0 Å². The Labute approximate surface area is 63.4 Å². The van der Waals surface area contributed by atoms with Gasteiger partial charge in [0.15, 0.2) is 0 Å². The minimum Gasteiger partial charge on any atom is -0.462 e. The highest BCUT2D eigenvalue weighted by Crippen LogP contribution is 2.05. The van der Waals surface area contributed by atoms with Gasteiger partial charge in [0, 0.05) is 10.8 Å². The van der Waals surface area contributed by atoms with Crippen LogP contribution in [0.4, 0.5) is 0 Å². The molecule has 2 nitrogen and oxygen atoms in total. The minimum atomic E-state index is -0.264. The molecule has 1 heterocycles. The van der Waals surface area contributed by atoms with Gasteiger partial charge >= 0.3 is 5.97 Å². The number of hydrogen-bond donors (Lipinski definition) is 0. The summed E-state index contributed by atoms with van der Waals surface area (Å²) in [6, 6.07) is 1.63. The van der Waals surface area contributed by atoms with Crippen LogP contribution < -0.4 is 0 Å². The standard InChI is InChI=1S/C7H7O2S/c1-2-9-7(8)6-3-4-10-5-6/h3,5H,2H2,1H3. The van der Waals surface area contributed by atoms with Gasteiger partial charge in [-0.2, -0.15) is 0 Å². The molecule has 1 radical (unpaired) electrons. The quantitative estimate of drug-likeness (QED) is 0.608. The maximum absolute atomic E-state index is 10.9. The van der Waals surface area contributed by atoms with Crippen molar-refractivity contribution in [2.75, 3.05) is 6.61 Å². The smallest absolute Gasteiger partial charge is 0.338 e. The lowest BCUT2D eigenvalue weighted by Gasteiger charge is -1.95. The molecule has 0 aliphatic rings. The fourth-order valence-corrected chi connectivity index (χ4v) is 1.10. The maximum atomic E-state index is 10.9. The molecule has 0 N–H and O–H groups in total. The average molecular weight is 155 g/mol. The number of thiophene rings is 1. The molecule has 0 aliphatic carbocycles. The molecule has 1 aromatic rings. The first-order chi connectivity index (χ1) is 4.84. The van der Waals surface area contributed by atoms with Crippen LogP contribution in [0.15, 0.2) is 11.4 Å². The molecule has 0 amide bonds. The Kier molecular flexibility index (Phi) is 2.45. The predicted molar refractivity (Wildman–Crippen MR) is 39.1 cm³/mol. The van der Waals surface area contributed by atoms with Crippen LogP contribution in [-0.2, 0) is 4.74 Å². The maximum Gasteiger partial charge on any atom is 0.338 e. The molecular weight excluding hydrogens is 148 g/mol. The molecule has 0 saturated carbocycles. The topological polar surface area (TPSA) is 26.3 Å². The second-order valence-electron chi connectivity index (χ2n) is 1.67. The fourth-order valence-electron chi connectivity index (χ4n) is 0.550. The van der Waals surface area contributed by atoms with E-state index in [4.69, 9.17) is 4.74 Å². The molecule has 0 spiro atoms. The van der Waals surface area contributed by atoms with Crippen LogP contribution in [0.1, 0.15) is 17.3 Å². The molecule has 0 bridgehead atoms. The van der Waals surface area contributed by atoms with Gasteiger partial charge in [0.25, 0.3) is 0 Å². The number of carbonyl (C=O) groups is 1. The summed E-state index contributed by atoms with van der Waals surface area (Å²) < 4.78 is 4.73. The van der Waals surface area contributed by atoms with Crippen molar-refractivity contribution in [3.05, 3.63) is 22.4 Å². The van der Waals surface area contributed by atoms with Gasteiger partial charge in [0.2, 0.25) is 0 Å². The van der Waals surface area contributed by atoms with Gasteiger partial charge in [-0.3, -0.25) is 0 Å². The van der Waals surface area contributed by atoms with Crippen molar-refractivity contribution in [1.29, 1.82) is 0 Å². The van der Waals surface area contributed by atoms with E-state index in [1.807, 2.05) is 0 Å². The normalized spacial score (nSPS) is 9.30. The Bertz CT molecular complexity index is 203. The van der Waals surface area contributed by atoms with Gasteiger partial charge in [-0.25, -0.2) is 4.79 Å². The summed E-state index contributed by atoms with van der Waals surface area (Å²) >= 11 is 1.37. The van der Waals surface area contributed by atoms with Crippen molar-refractivity contribution < 1.29 is 9.53 Å². The highest BCUT2D eigenvalue weighted by molar-refractivity contribution is 7.07. The number of esters is 1. The number of carbonyl (C=O) groups excluding carboxylic acids is 1. The van der Waals surface area contributed by atoms with E-state index in [-0.39, 0.29) is 5.97 Å². The molecule has 0 aromatic carbocycles. The van der Waals surface area contributed by atoms with E-state index in [1.54, 1.807) is 18.4 Å². The largest absolute Gasteiger partial charge is 0.462 e. The lowest BCUT2D eigenvalue weighted by molar-refractivity contribution is 0.0527. The van der Waals surface area contributed by atoms with Gasteiger partial charge in [-0.05, 0) is 13.0 Å². The van der Waals surface area contributed by atoms with Crippen molar-refractivity contribution in [3.8, 4) is 0 Å². The van der Waals surface area contributed by atoms with E-state index in [0.717, 1.165) is 0 Å². The second kappa shape index (κ2) is 3.37. The SMILES string of the molecule is CCOC(=O)c1c[c]sc1. The summed E-state index contributed by atoms with van der Waals surface area (Å²) in [5.74, 6) is -0.264. The highest BCUT2D eigenvalue weighted by Gasteiger charge is 2.04. The van der Waals surface area contributed by atoms with Gasteiger partial charge < -0.3 is 4.74 Å². The van der Waals surface area contributed by atoms with Crippen molar-refractivity contribution >= 4 is 17.3 Å². The van der Waals surface area contributed by atoms with E-state index < -0.39 is 0 Å². The van der Waals surface area contributed by atoms with Crippen molar-refractivity contribution in [2.45, 2.75) is 6.92 Å². The summed E-state index contributed by atoms with van der Waals surface area (Å²) in [4.78, 5) is 10.9. The lowest BCUT2D eigenvalue weighted by Crippen LogP contribution is -2.02. The van der Waals surface area contributed by atoms with Crippen molar-refractivity contribution in [3.63, 3.8) is 0 Å². The molecule has 53 valence electrons. The van der Waals surface area contributed by atoms with Crippen LogP contribution in [-0.4, -0.2) is 12.6 Å². The van der Waals surface area contributed by atoms with Gasteiger partial charge in [0.05, 0.1) is 12.2 Å². The van der Waals surface area contributed by atoms with E-state index in [0.29, 0.717) is 12.2 Å². The molecule has 1 aromatic heterocycles. The van der Waals surface area contributed by atoms with Gasteiger partial charge in [0.1, 0.15) is 0 Å². The third-order valence-electron chi connectivity index (χ3n) is 0.979. The van der Waals surface area contributed by atoms with Crippen LogP contribution in [0, 0.1) is 5.38 Å². The zero-order valence-corrected chi connectivity index (χ0v) is 6.40. The number of ether oxygens (including phenoxy) is 1.